The lowest BCUT2D eigenvalue weighted by Gasteiger charge is -2.07. The number of benzene rings is 1. The van der Waals surface area contributed by atoms with Crippen molar-refractivity contribution >= 4 is 5.97 Å². The van der Waals surface area contributed by atoms with E-state index in [1.165, 1.54) is 6.07 Å². The molecule has 0 bridgehead atoms. The second kappa shape index (κ2) is 5.80. The normalized spacial score (nSPS) is 10.8. The van der Waals surface area contributed by atoms with Crippen molar-refractivity contribution in [3.05, 3.63) is 59.0 Å². The van der Waals surface area contributed by atoms with Crippen LogP contribution in [0.4, 0.5) is 8.78 Å². The van der Waals surface area contributed by atoms with Crippen molar-refractivity contribution < 1.29 is 18.7 Å². The van der Waals surface area contributed by atoms with E-state index in [1.807, 2.05) is 0 Å². The summed E-state index contributed by atoms with van der Waals surface area (Å²) in [4.78, 5) is 19.6. The van der Waals surface area contributed by atoms with E-state index in [4.69, 9.17) is 0 Å². The standard InChI is InChI=1S/C16H12F2N4O2/c1-8-6-9(2)20-16(19-8)22-13(15(23)24)7-12(21-22)14-10(17)4-3-5-11(14)18/h3-7H,1-2H3,(H,23,24)/p-1. The summed E-state index contributed by atoms with van der Waals surface area (Å²) in [6, 6.07) is 6.05. The number of aryl methyl sites for hydroxylation is 2. The van der Waals surface area contributed by atoms with Gasteiger partial charge in [0.25, 0.3) is 5.95 Å². The predicted octanol–water partition coefficient (Wildman–Crippen LogP) is 1.59. The second-order valence-electron chi connectivity index (χ2n) is 5.16. The first-order valence-electron chi connectivity index (χ1n) is 6.95. The minimum atomic E-state index is -1.56. The lowest BCUT2D eigenvalue weighted by Crippen LogP contribution is -2.26. The van der Waals surface area contributed by atoms with E-state index >= 15 is 0 Å². The summed E-state index contributed by atoms with van der Waals surface area (Å²) in [5, 5.41) is 15.3. The second-order valence-corrected chi connectivity index (χ2v) is 5.16. The van der Waals surface area contributed by atoms with E-state index in [0.717, 1.165) is 22.9 Å². The number of aromatic carboxylic acids is 1. The summed E-state index contributed by atoms with van der Waals surface area (Å²) in [6.07, 6.45) is 0. The van der Waals surface area contributed by atoms with Gasteiger partial charge in [0.05, 0.1) is 22.9 Å². The summed E-state index contributed by atoms with van der Waals surface area (Å²) in [6.45, 7) is 3.41. The van der Waals surface area contributed by atoms with Crippen LogP contribution in [0, 0.1) is 25.5 Å². The summed E-state index contributed by atoms with van der Waals surface area (Å²) < 4.78 is 28.8. The monoisotopic (exact) mass is 329 g/mol. The SMILES string of the molecule is Cc1cc(C)nc(-n2nc(-c3c(F)cccc3F)cc2C(=O)[O-])n1. The average Bonchev–Trinajstić information content (AvgIpc) is 2.91. The van der Waals surface area contributed by atoms with Gasteiger partial charge in [0.1, 0.15) is 11.6 Å². The smallest absolute Gasteiger partial charge is 0.251 e. The number of carbonyl (C=O) groups is 1. The van der Waals surface area contributed by atoms with Crippen LogP contribution < -0.4 is 5.11 Å². The Labute approximate surface area is 135 Å². The van der Waals surface area contributed by atoms with Crippen LogP contribution in [0.2, 0.25) is 0 Å². The molecule has 24 heavy (non-hydrogen) atoms. The van der Waals surface area contributed by atoms with Crippen LogP contribution in [0.5, 0.6) is 0 Å². The number of carbonyl (C=O) groups excluding carboxylic acids is 1. The zero-order valence-electron chi connectivity index (χ0n) is 12.7. The summed E-state index contributed by atoms with van der Waals surface area (Å²) in [5.74, 6) is -3.29. The number of carboxylic acids is 1. The Morgan fingerprint density at radius 3 is 2.21 bits per heavy atom. The van der Waals surface area contributed by atoms with Crippen LogP contribution in [-0.4, -0.2) is 25.7 Å². The number of halogens is 2. The van der Waals surface area contributed by atoms with Crippen molar-refractivity contribution in [3.8, 4) is 17.2 Å². The van der Waals surface area contributed by atoms with Gasteiger partial charge in [-0.05, 0) is 38.1 Å². The molecule has 0 radical (unpaired) electrons. The molecule has 0 amide bonds. The Morgan fingerprint density at radius 1 is 1.08 bits per heavy atom. The molecule has 8 heteroatoms. The van der Waals surface area contributed by atoms with Crippen molar-refractivity contribution in [2.24, 2.45) is 0 Å². The van der Waals surface area contributed by atoms with Crippen molar-refractivity contribution in [2.75, 3.05) is 0 Å². The fraction of sp³-hybridized carbons (Fsp3) is 0.125. The number of carboxylic acid groups (broad SMARTS) is 1. The lowest BCUT2D eigenvalue weighted by atomic mass is 10.1. The first kappa shape index (κ1) is 15.7. The predicted molar refractivity (Wildman–Crippen MR) is 78.3 cm³/mol. The minimum absolute atomic E-state index is 0.0188. The first-order chi connectivity index (χ1) is 11.4. The number of aromatic nitrogens is 4. The molecule has 122 valence electrons. The van der Waals surface area contributed by atoms with Crippen LogP contribution in [-0.2, 0) is 0 Å². The third-order valence-corrected chi connectivity index (χ3v) is 3.30. The van der Waals surface area contributed by atoms with Gasteiger partial charge < -0.3 is 9.90 Å². The minimum Gasteiger partial charge on any atom is -0.543 e. The summed E-state index contributed by atoms with van der Waals surface area (Å²) >= 11 is 0. The Bertz CT molecular complexity index is 913. The van der Waals surface area contributed by atoms with Gasteiger partial charge in [0.2, 0.25) is 0 Å². The molecule has 3 aromatic rings. The third kappa shape index (κ3) is 2.73. The first-order valence-corrected chi connectivity index (χ1v) is 6.95. The lowest BCUT2D eigenvalue weighted by molar-refractivity contribution is -0.255. The van der Waals surface area contributed by atoms with E-state index in [2.05, 4.69) is 15.1 Å². The molecular weight excluding hydrogens is 318 g/mol. The molecule has 3 rings (SSSR count). The number of hydrogen-bond donors (Lipinski definition) is 0. The Kier molecular flexibility index (Phi) is 3.80. The highest BCUT2D eigenvalue weighted by Gasteiger charge is 2.19. The van der Waals surface area contributed by atoms with Crippen molar-refractivity contribution in [3.63, 3.8) is 0 Å². The van der Waals surface area contributed by atoms with E-state index < -0.39 is 28.9 Å². The molecule has 0 atom stereocenters. The van der Waals surface area contributed by atoms with Crippen molar-refractivity contribution in [1.82, 2.24) is 19.7 Å². The van der Waals surface area contributed by atoms with E-state index in [1.54, 1.807) is 19.9 Å². The molecule has 0 aliphatic carbocycles. The van der Waals surface area contributed by atoms with Crippen LogP contribution in [0.3, 0.4) is 0 Å². The van der Waals surface area contributed by atoms with E-state index in [-0.39, 0.29) is 11.6 Å². The van der Waals surface area contributed by atoms with Gasteiger partial charge in [0, 0.05) is 11.4 Å². The van der Waals surface area contributed by atoms with E-state index in [9.17, 15) is 18.7 Å². The molecule has 0 fully saturated rings. The van der Waals surface area contributed by atoms with E-state index in [0.29, 0.717) is 11.4 Å². The molecule has 0 unspecified atom stereocenters. The largest absolute Gasteiger partial charge is 0.543 e. The summed E-state index contributed by atoms with van der Waals surface area (Å²) in [7, 11) is 0. The fourth-order valence-corrected chi connectivity index (χ4v) is 2.35. The molecular formula is C16H11F2N4O2-. The maximum absolute atomic E-state index is 13.9. The maximum Gasteiger partial charge on any atom is 0.251 e. The van der Waals surface area contributed by atoms with Crippen LogP contribution in [0.15, 0.2) is 30.3 Å². The summed E-state index contributed by atoms with van der Waals surface area (Å²) in [5.41, 5.74) is 0.167. The number of hydrogen-bond acceptors (Lipinski definition) is 5. The number of rotatable bonds is 3. The van der Waals surface area contributed by atoms with Gasteiger partial charge in [-0.3, -0.25) is 0 Å². The van der Waals surface area contributed by atoms with Crippen molar-refractivity contribution in [2.45, 2.75) is 13.8 Å². The molecule has 0 aliphatic rings. The molecule has 0 spiro atoms. The zero-order valence-corrected chi connectivity index (χ0v) is 12.7. The molecule has 1 aromatic carbocycles. The van der Waals surface area contributed by atoms with Gasteiger partial charge in [-0.25, -0.2) is 18.7 Å². The maximum atomic E-state index is 13.9. The van der Waals surface area contributed by atoms with Crippen LogP contribution in [0.1, 0.15) is 21.9 Å². The molecule has 2 heterocycles. The van der Waals surface area contributed by atoms with Crippen LogP contribution >= 0.6 is 0 Å². The topological polar surface area (TPSA) is 83.7 Å². The highest BCUT2D eigenvalue weighted by atomic mass is 19.1. The highest BCUT2D eigenvalue weighted by molar-refractivity contribution is 5.86. The fourth-order valence-electron chi connectivity index (χ4n) is 2.35. The third-order valence-electron chi connectivity index (χ3n) is 3.30. The molecule has 2 aromatic heterocycles. The quantitative estimate of drug-likeness (QED) is 0.728. The Morgan fingerprint density at radius 2 is 1.67 bits per heavy atom. The molecule has 6 nitrogen and oxygen atoms in total. The highest BCUT2D eigenvalue weighted by Crippen LogP contribution is 2.26. The van der Waals surface area contributed by atoms with Gasteiger partial charge in [-0.15, -0.1) is 0 Å². The molecule has 0 saturated heterocycles. The van der Waals surface area contributed by atoms with Gasteiger partial charge in [-0.1, -0.05) is 6.07 Å². The molecule has 0 saturated carbocycles. The zero-order chi connectivity index (χ0) is 17.4. The molecule has 0 aliphatic heterocycles. The average molecular weight is 329 g/mol. The Hall–Kier alpha value is -3.16. The van der Waals surface area contributed by atoms with Gasteiger partial charge in [-0.2, -0.15) is 9.78 Å². The van der Waals surface area contributed by atoms with Gasteiger partial charge in [0.15, 0.2) is 0 Å². The van der Waals surface area contributed by atoms with Crippen LogP contribution in [0.25, 0.3) is 17.2 Å². The Balaban J connectivity index is 2.25. The molecule has 0 N–H and O–H groups in total. The van der Waals surface area contributed by atoms with Gasteiger partial charge >= 0.3 is 0 Å². The number of nitrogens with zero attached hydrogens (tertiary/aromatic N) is 4. The van der Waals surface area contributed by atoms with Crippen molar-refractivity contribution in [1.29, 1.82) is 0 Å².